The van der Waals surface area contributed by atoms with Gasteiger partial charge in [0.05, 0.1) is 23.2 Å². The highest BCUT2D eigenvalue weighted by atomic mass is 35.5. The number of carboxylic acids is 1. The largest absolute Gasteiger partial charge is 0.478 e. The Labute approximate surface area is 127 Å². The third-order valence-electron chi connectivity index (χ3n) is 2.72. The fourth-order valence-corrected chi connectivity index (χ4v) is 3.00. The Morgan fingerprint density at radius 2 is 1.71 bits per heavy atom. The van der Waals surface area contributed by atoms with Gasteiger partial charge in [-0.1, -0.05) is 17.7 Å². The second-order valence-corrected chi connectivity index (χ2v) is 6.63. The van der Waals surface area contributed by atoms with Crippen molar-refractivity contribution in [2.45, 2.75) is 0 Å². The zero-order valence-corrected chi connectivity index (χ0v) is 12.6. The van der Waals surface area contributed by atoms with Crippen molar-refractivity contribution in [3.8, 4) is 0 Å². The summed E-state index contributed by atoms with van der Waals surface area (Å²) in [5.41, 5.74) is 0.638. The van der Waals surface area contributed by atoms with Gasteiger partial charge in [0.2, 0.25) is 10.0 Å². The first-order chi connectivity index (χ1) is 9.79. The molecule has 0 bridgehead atoms. The van der Waals surface area contributed by atoms with Crippen LogP contribution in [0.5, 0.6) is 0 Å². The zero-order chi connectivity index (χ0) is 15.6. The molecule has 0 saturated heterocycles. The molecule has 0 aliphatic carbocycles. The fraction of sp³-hybridized carbons (Fsp3) is 0.0714. The first kappa shape index (κ1) is 15.3. The van der Waals surface area contributed by atoms with E-state index in [1.807, 2.05) is 0 Å². The molecule has 0 aliphatic heterocycles. The maximum atomic E-state index is 12.0. The Bertz CT molecular complexity index is 772. The molecule has 0 spiro atoms. The lowest BCUT2D eigenvalue weighted by atomic mass is 10.2. The van der Waals surface area contributed by atoms with Crippen LogP contribution in [0.25, 0.3) is 0 Å². The number of aromatic carboxylic acids is 1. The Balaban J connectivity index is 2.59. The molecule has 2 aromatic carbocycles. The minimum absolute atomic E-state index is 0.00936. The van der Waals surface area contributed by atoms with Gasteiger partial charge in [0, 0.05) is 5.02 Å². The summed E-state index contributed by atoms with van der Waals surface area (Å²) in [6.45, 7) is 0. The fourth-order valence-electron chi connectivity index (χ4n) is 1.87. The van der Waals surface area contributed by atoms with Gasteiger partial charge < -0.3 is 5.11 Å². The van der Waals surface area contributed by atoms with Crippen LogP contribution in [0.1, 0.15) is 10.4 Å². The first-order valence-electron chi connectivity index (χ1n) is 5.88. The van der Waals surface area contributed by atoms with Crippen molar-refractivity contribution in [3.63, 3.8) is 0 Å². The molecule has 0 amide bonds. The number of halogens is 1. The van der Waals surface area contributed by atoms with Crippen LogP contribution in [-0.2, 0) is 10.0 Å². The predicted molar refractivity (Wildman–Crippen MR) is 81.8 cm³/mol. The van der Waals surface area contributed by atoms with Crippen molar-refractivity contribution in [1.82, 2.24) is 0 Å². The molecule has 0 fully saturated rings. The van der Waals surface area contributed by atoms with E-state index in [0.717, 1.165) is 10.6 Å². The smallest absolute Gasteiger partial charge is 0.335 e. The molecule has 0 unspecified atom stereocenters. The Kier molecular flexibility index (Phi) is 4.20. The van der Waals surface area contributed by atoms with Gasteiger partial charge in [-0.25, -0.2) is 17.5 Å². The molecule has 2 rings (SSSR count). The molecule has 0 atom stereocenters. The highest BCUT2D eigenvalue weighted by Crippen LogP contribution is 2.29. The summed E-state index contributed by atoms with van der Waals surface area (Å²) in [4.78, 5) is 11.0. The Morgan fingerprint density at radius 3 is 2.24 bits per heavy atom. The maximum Gasteiger partial charge on any atom is 0.335 e. The highest BCUT2D eigenvalue weighted by molar-refractivity contribution is 7.92. The number of nitrogens with zero attached hydrogens (tertiary/aromatic N) is 1. The number of hydrogen-bond donors (Lipinski definition) is 1. The van der Waals surface area contributed by atoms with Crippen LogP contribution in [0.2, 0.25) is 5.02 Å². The van der Waals surface area contributed by atoms with Crippen LogP contribution in [0.15, 0.2) is 48.5 Å². The van der Waals surface area contributed by atoms with Gasteiger partial charge in [0.25, 0.3) is 0 Å². The molecular formula is C14H12ClNO4S. The van der Waals surface area contributed by atoms with Gasteiger partial charge >= 0.3 is 5.97 Å². The van der Waals surface area contributed by atoms with Crippen LogP contribution in [0.3, 0.4) is 0 Å². The quantitative estimate of drug-likeness (QED) is 0.937. The molecular weight excluding hydrogens is 314 g/mol. The number of benzene rings is 2. The van der Waals surface area contributed by atoms with Crippen LogP contribution in [0.4, 0.5) is 11.4 Å². The Morgan fingerprint density at radius 1 is 1.10 bits per heavy atom. The standard InChI is InChI=1S/C14H12ClNO4S/c1-21(19,20)16(12-7-5-11(15)6-8-12)13-4-2-3-10(9-13)14(17)18/h2-9H,1H3,(H,17,18). The molecule has 0 saturated carbocycles. The van der Waals surface area contributed by atoms with Gasteiger partial charge in [-0.2, -0.15) is 0 Å². The van der Waals surface area contributed by atoms with Crippen molar-refractivity contribution < 1.29 is 18.3 Å². The SMILES string of the molecule is CS(=O)(=O)N(c1ccc(Cl)cc1)c1cccc(C(=O)O)c1. The average molecular weight is 326 g/mol. The number of hydrogen-bond acceptors (Lipinski definition) is 3. The van der Waals surface area contributed by atoms with E-state index < -0.39 is 16.0 Å². The number of carboxylic acid groups (broad SMARTS) is 1. The monoisotopic (exact) mass is 325 g/mol. The van der Waals surface area contributed by atoms with Crippen LogP contribution in [-0.4, -0.2) is 25.7 Å². The van der Waals surface area contributed by atoms with E-state index in [-0.39, 0.29) is 11.3 Å². The van der Waals surface area contributed by atoms with E-state index in [1.165, 1.54) is 24.3 Å². The van der Waals surface area contributed by atoms with E-state index in [1.54, 1.807) is 24.3 Å². The lowest BCUT2D eigenvalue weighted by Gasteiger charge is -2.22. The van der Waals surface area contributed by atoms with Gasteiger partial charge in [-0.3, -0.25) is 0 Å². The zero-order valence-electron chi connectivity index (χ0n) is 11.0. The van der Waals surface area contributed by atoms with Crippen LogP contribution < -0.4 is 4.31 Å². The summed E-state index contributed by atoms with van der Waals surface area (Å²) >= 11 is 5.80. The Hall–Kier alpha value is -2.05. The van der Waals surface area contributed by atoms with Gasteiger partial charge in [0.1, 0.15) is 0 Å². The van der Waals surface area contributed by atoms with E-state index in [0.29, 0.717) is 10.7 Å². The van der Waals surface area contributed by atoms with E-state index >= 15 is 0 Å². The van der Waals surface area contributed by atoms with E-state index in [2.05, 4.69) is 0 Å². The summed E-state index contributed by atoms with van der Waals surface area (Å²) in [7, 11) is -3.63. The molecule has 110 valence electrons. The number of sulfonamides is 1. The van der Waals surface area contributed by atoms with Gasteiger partial charge in [0.15, 0.2) is 0 Å². The average Bonchev–Trinajstić information content (AvgIpc) is 2.40. The lowest BCUT2D eigenvalue weighted by molar-refractivity contribution is 0.0697. The summed E-state index contributed by atoms with van der Waals surface area (Å²) in [5.74, 6) is -1.12. The van der Waals surface area contributed by atoms with Crippen LogP contribution >= 0.6 is 11.6 Å². The molecule has 0 heterocycles. The van der Waals surface area contributed by atoms with Crippen molar-refractivity contribution in [1.29, 1.82) is 0 Å². The molecule has 21 heavy (non-hydrogen) atoms. The van der Waals surface area contributed by atoms with Crippen molar-refractivity contribution in [2.24, 2.45) is 0 Å². The summed E-state index contributed by atoms with van der Waals surface area (Å²) in [6, 6.07) is 12.0. The molecule has 5 nitrogen and oxygen atoms in total. The summed E-state index contributed by atoms with van der Waals surface area (Å²) in [5, 5.41) is 9.49. The highest BCUT2D eigenvalue weighted by Gasteiger charge is 2.20. The first-order valence-corrected chi connectivity index (χ1v) is 8.11. The molecule has 0 radical (unpaired) electrons. The summed E-state index contributed by atoms with van der Waals surface area (Å²) < 4.78 is 25.2. The summed E-state index contributed by atoms with van der Waals surface area (Å²) in [6.07, 6.45) is 1.05. The second-order valence-electron chi connectivity index (χ2n) is 4.36. The molecule has 2 aromatic rings. The van der Waals surface area contributed by atoms with Gasteiger partial charge in [-0.15, -0.1) is 0 Å². The second kappa shape index (κ2) is 5.75. The van der Waals surface area contributed by atoms with Crippen LogP contribution in [0, 0.1) is 0 Å². The lowest BCUT2D eigenvalue weighted by Crippen LogP contribution is -2.24. The molecule has 0 aliphatic rings. The minimum Gasteiger partial charge on any atom is -0.478 e. The van der Waals surface area contributed by atoms with Gasteiger partial charge in [-0.05, 0) is 42.5 Å². The van der Waals surface area contributed by atoms with Crippen molar-refractivity contribution >= 4 is 39.0 Å². The number of carbonyl (C=O) groups is 1. The minimum atomic E-state index is -3.63. The van der Waals surface area contributed by atoms with Crippen molar-refractivity contribution in [2.75, 3.05) is 10.6 Å². The number of rotatable bonds is 4. The molecule has 0 aromatic heterocycles. The number of anilines is 2. The third-order valence-corrected chi connectivity index (χ3v) is 4.06. The molecule has 1 N–H and O–H groups in total. The van der Waals surface area contributed by atoms with E-state index in [4.69, 9.17) is 16.7 Å². The topological polar surface area (TPSA) is 74.7 Å². The maximum absolute atomic E-state index is 12.0. The third kappa shape index (κ3) is 3.53. The van der Waals surface area contributed by atoms with Crippen molar-refractivity contribution in [3.05, 3.63) is 59.1 Å². The normalized spacial score (nSPS) is 11.1. The molecule has 7 heteroatoms. The van der Waals surface area contributed by atoms with E-state index in [9.17, 15) is 13.2 Å². The predicted octanol–water partition coefficient (Wildman–Crippen LogP) is 3.14.